The van der Waals surface area contributed by atoms with Gasteiger partial charge in [-0.05, 0) is 19.8 Å². The summed E-state index contributed by atoms with van der Waals surface area (Å²) in [6.45, 7) is 3.57. The average molecular weight is 196 g/mol. The number of carbonyl (C=O) groups excluding carboxylic acids is 1. The van der Waals surface area contributed by atoms with E-state index >= 15 is 0 Å². The smallest absolute Gasteiger partial charge is 0.242 e. The molecule has 0 aromatic heterocycles. The van der Waals surface area contributed by atoms with Gasteiger partial charge >= 0.3 is 0 Å². The van der Waals surface area contributed by atoms with Gasteiger partial charge in [-0.25, -0.2) is 0 Å². The first-order valence-corrected chi connectivity index (χ1v) is 4.91. The molecular formula is C10H16N2O2. The molecule has 0 N–H and O–H groups in total. The highest BCUT2D eigenvalue weighted by Crippen LogP contribution is 2.31. The van der Waals surface area contributed by atoms with Crippen LogP contribution in [0.25, 0.3) is 0 Å². The molecule has 4 heteroatoms. The van der Waals surface area contributed by atoms with Gasteiger partial charge in [0.25, 0.3) is 0 Å². The summed E-state index contributed by atoms with van der Waals surface area (Å²) in [5, 5.41) is 9.10. The van der Waals surface area contributed by atoms with Crippen LogP contribution in [0, 0.1) is 16.7 Å². The van der Waals surface area contributed by atoms with E-state index in [-0.39, 0.29) is 5.91 Å². The Labute approximate surface area is 84.4 Å². The molecule has 0 bridgehead atoms. The van der Waals surface area contributed by atoms with Crippen molar-refractivity contribution in [3.8, 4) is 6.07 Å². The van der Waals surface area contributed by atoms with Gasteiger partial charge < -0.3 is 9.64 Å². The van der Waals surface area contributed by atoms with Crippen LogP contribution < -0.4 is 0 Å². The van der Waals surface area contributed by atoms with E-state index in [1.54, 1.807) is 11.9 Å². The first-order chi connectivity index (χ1) is 6.66. The maximum atomic E-state index is 11.9. The molecule has 0 spiro atoms. The van der Waals surface area contributed by atoms with E-state index in [0.717, 1.165) is 0 Å². The molecule has 4 nitrogen and oxygen atoms in total. The molecule has 78 valence electrons. The molecule has 0 aromatic rings. The number of amides is 1. The molecule has 0 saturated carbocycles. The third-order valence-corrected chi connectivity index (χ3v) is 2.79. The highest BCUT2D eigenvalue weighted by Gasteiger charge is 2.41. The summed E-state index contributed by atoms with van der Waals surface area (Å²) in [4.78, 5) is 13.5. The lowest BCUT2D eigenvalue weighted by atomic mass is 9.80. The van der Waals surface area contributed by atoms with Crippen LogP contribution in [0.5, 0.6) is 0 Å². The predicted octanol–water partition coefficient (Wildman–Crippen LogP) is 0.785. The van der Waals surface area contributed by atoms with Crippen molar-refractivity contribution in [3.63, 3.8) is 0 Å². The van der Waals surface area contributed by atoms with Crippen LogP contribution in [-0.2, 0) is 9.53 Å². The average Bonchev–Trinajstić information content (AvgIpc) is 2.28. The number of hydrogen-bond donors (Lipinski definition) is 0. The van der Waals surface area contributed by atoms with Crippen molar-refractivity contribution in [1.29, 1.82) is 5.26 Å². The van der Waals surface area contributed by atoms with Crippen molar-refractivity contribution in [1.82, 2.24) is 4.90 Å². The van der Waals surface area contributed by atoms with Crippen LogP contribution in [0.4, 0.5) is 0 Å². The Balaban J connectivity index is 2.79. The van der Waals surface area contributed by atoms with Crippen LogP contribution in [0.1, 0.15) is 19.8 Å². The second-order valence-electron chi connectivity index (χ2n) is 3.63. The molecule has 0 atom stereocenters. The lowest BCUT2D eigenvalue weighted by Crippen LogP contribution is -2.44. The van der Waals surface area contributed by atoms with Gasteiger partial charge in [0.15, 0.2) is 0 Å². The minimum Gasteiger partial charge on any atom is -0.381 e. The van der Waals surface area contributed by atoms with Crippen molar-refractivity contribution >= 4 is 5.91 Å². The Hall–Kier alpha value is -1.08. The van der Waals surface area contributed by atoms with Gasteiger partial charge in [-0.2, -0.15) is 5.26 Å². The van der Waals surface area contributed by atoms with Gasteiger partial charge in [0, 0.05) is 26.8 Å². The predicted molar refractivity (Wildman–Crippen MR) is 51.4 cm³/mol. The van der Waals surface area contributed by atoms with E-state index in [1.807, 2.05) is 6.92 Å². The number of rotatable bonds is 2. The largest absolute Gasteiger partial charge is 0.381 e. The molecule has 1 saturated heterocycles. The Morgan fingerprint density at radius 1 is 1.57 bits per heavy atom. The maximum Gasteiger partial charge on any atom is 0.242 e. The lowest BCUT2D eigenvalue weighted by Gasteiger charge is -2.32. The third kappa shape index (κ3) is 1.88. The summed E-state index contributed by atoms with van der Waals surface area (Å²) in [5.74, 6) is -0.0641. The molecule has 0 aromatic carbocycles. The van der Waals surface area contributed by atoms with Crippen LogP contribution >= 0.6 is 0 Å². The fourth-order valence-electron chi connectivity index (χ4n) is 1.60. The van der Waals surface area contributed by atoms with Gasteiger partial charge in [-0.15, -0.1) is 0 Å². The van der Waals surface area contributed by atoms with E-state index in [0.29, 0.717) is 32.6 Å². The first-order valence-electron chi connectivity index (χ1n) is 4.91. The molecule has 1 aliphatic heterocycles. The topological polar surface area (TPSA) is 53.3 Å². The Bertz CT molecular complexity index is 251. The fourth-order valence-corrected chi connectivity index (χ4v) is 1.60. The molecule has 0 aliphatic carbocycles. The summed E-state index contributed by atoms with van der Waals surface area (Å²) in [7, 11) is 1.73. The molecule has 1 heterocycles. The van der Waals surface area contributed by atoms with Crippen molar-refractivity contribution in [3.05, 3.63) is 0 Å². The first kappa shape index (κ1) is 11.0. The zero-order valence-electron chi connectivity index (χ0n) is 8.75. The molecule has 1 rings (SSSR count). The minimum absolute atomic E-state index is 0.0641. The molecular weight excluding hydrogens is 180 g/mol. The van der Waals surface area contributed by atoms with Crippen LogP contribution in [0.3, 0.4) is 0 Å². The van der Waals surface area contributed by atoms with Crippen LogP contribution in [-0.4, -0.2) is 37.6 Å². The van der Waals surface area contributed by atoms with Crippen molar-refractivity contribution in [2.45, 2.75) is 19.8 Å². The summed E-state index contributed by atoms with van der Waals surface area (Å²) in [6, 6.07) is 2.16. The third-order valence-electron chi connectivity index (χ3n) is 2.79. The van der Waals surface area contributed by atoms with E-state index in [9.17, 15) is 4.79 Å². The summed E-state index contributed by atoms with van der Waals surface area (Å²) in [6.07, 6.45) is 1.04. The summed E-state index contributed by atoms with van der Waals surface area (Å²) in [5.41, 5.74) is -0.830. The van der Waals surface area contributed by atoms with E-state index in [1.165, 1.54) is 0 Å². The van der Waals surface area contributed by atoms with Gasteiger partial charge in [-0.1, -0.05) is 0 Å². The van der Waals surface area contributed by atoms with E-state index < -0.39 is 5.41 Å². The van der Waals surface area contributed by atoms with Crippen molar-refractivity contribution in [2.75, 3.05) is 26.8 Å². The Morgan fingerprint density at radius 3 is 2.57 bits per heavy atom. The number of nitriles is 1. The monoisotopic (exact) mass is 196 g/mol. The standard InChI is InChI=1S/C10H16N2O2/c1-3-12(2)9(13)10(8-11)4-6-14-7-5-10/h3-7H2,1-2H3. The van der Waals surface area contributed by atoms with Crippen LogP contribution in [0.15, 0.2) is 0 Å². The van der Waals surface area contributed by atoms with Crippen molar-refractivity contribution < 1.29 is 9.53 Å². The fraction of sp³-hybridized carbons (Fsp3) is 0.800. The lowest BCUT2D eigenvalue weighted by molar-refractivity contribution is -0.141. The van der Waals surface area contributed by atoms with Gasteiger partial charge in [0.1, 0.15) is 5.41 Å². The Kier molecular flexibility index (Phi) is 3.48. The van der Waals surface area contributed by atoms with Crippen molar-refractivity contribution in [2.24, 2.45) is 5.41 Å². The number of ether oxygens (including phenoxy) is 1. The Morgan fingerprint density at radius 2 is 2.14 bits per heavy atom. The quantitative estimate of drug-likeness (QED) is 0.656. The number of carbonyl (C=O) groups is 1. The highest BCUT2D eigenvalue weighted by atomic mass is 16.5. The molecule has 1 fully saturated rings. The zero-order valence-corrected chi connectivity index (χ0v) is 8.75. The molecule has 1 aliphatic rings. The van der Waals surface area contributed by atoms with Gasteiger partial charge in [0.05, 0.1) is 6.07 Å². The second-order valence-corrected chi connectivity index (χ2v) is 3.63. The number of nitrogens with zero attached hydrogens (tertiary/aromatic N) is 2. The SMILES string of the molecule is CCN(C)C(=O)C1(C#N)CCOCC1. The zero-order chi connectivity index (χ0) is 10.6. The van der Waals surface area contributed by atoms with Crippen LogP contribution in [0.2, 0.25) is 0 Å². The summed E-state index contributed by atoms with van der Waals surface area (Å²) >= 11 is 0. The normalized spacial score (nSPS) is 19.8. The second kappa shape index (κ2) is 4.43. The molecule has 0 radical (unpaired) electrons. The number of hydrogen-bond acceptors (Lipinski definition) is 3. The molecule has 0 unspecified atom stereocenters. The van der Waals surface area contributed by atoms with Gasteiger partial charge in [0.2, 0.25) is 5.91 Å². The minimum atomic E-state index is -0.830. The molecule has 1 amide bonds. The van der Waals surface area contributed by atoms with Gasteiger partial charge in [-0.3, -0.25) is 4.79 Å². The summed E-state index contributed by atoms with van der Waals surface area (Å²) < 4.78 is 5.17. The maximum absolute atomic E-state index is 11.9. The van der Waals surface area contributed by atoms with E-state index in [2.05, 4.69) is 6.07 Å². The molecule has 14 heavy (non-hydrogen) atoms. The highest BCUT2D eigenvalue weighted by molar-refractivity contribution is 5.85. The van der Waals surface area contributed by atoms with E-state index in [4.69, 9.17) is 10.00 Å².